The summed E-state index contributed by atoms with van der Waals surface area (Å²) < 4.78 is 9.48. The molecule has 0 saturated heterocycles. The number of aromatic nitrogens is 1. The molecule has 0 unspecified atom stereocenters. The minimum Gasteiger partial charge on any atom is -0.383 e. The first kappa shape index (κ1) is 9.73. The van der Waals surface area contributed by atoms with Crippen molar-refractivity contribution in [2.75, 3.05) is 17.7 Å². The first-order chi connectivity index (χ1) is 6.78. The van der Waals surface area contributed by atoms with E-state index >= 15 is 0 Å². The molecule has 14 heavy (non-hydrogen) atoms. The summed E-state index contributed by atoms with van der Waals surface area (Å²) in [6.45, 7) is 2.84. The van der Waals surface area contributed by atoms with Crippen LogP contribution in [0.5, 0.6) is 0 Å². The van der Waals surface area contributed by atoms with Crippen LogP contribution < -0.4 is 11.1 Å². The Hall–Kier alpha value is -0.810. The molecule has 0 bridgehead atoms. The van der Waals surface area contributed by atoms with Gasteiger partial charge in [-0.25, -0.2) is 0 Å². The minimum absolute atomic E-state index is 0.447. The molecule has 1 heterocycles. The standard InChI is InChI=1S/C9H15N3OS/c1-2-13-7-3-6(4-7)11-9-5-8(10)12-14-9/h5-7,11H,2-4H2,1H3,(H2,10,12). The molecule has 78 valence electrons. The van der Waals surface area contributed by atoms with E-state index in [0.717, 1.165) is 24.4 Å². The molecule has 1 saturated carbocycles. The lowest BCUT2D eigenvalue weighted by molar-refractivity contribution is 0.00305. The van der Waals surface area contributed by atoms with Gasteiger partial charge in [0.05, 0.1) is 6.10 Å². The van der Waals surface area contributed by atoms with Crippen LogP contribution in [-0.2, 0) is 4.74 Å². The Morgan fingerprint density at radius 3 is 3.07 bits per heavy atom. The van der Waals surface area contributed by atoms with Crippen LogP contribution >= 0.6 is 11.5 Å². The summed E-state index contributed by atoms with van der Waals surface area (Å²) in [5.41, 5.74) is 5.52. The van der Waals surface area contributed by atoms with Gasteiger partial charge in [0.15, 0.2) is 0 Å². The second kappa shape index (κ2) is 4.14. The maximum atomic E-state index is 5.52. The van der Waals surface area contributed by atoms with Gasteiger partial charge >= 0.3 is 0 Å². The third-order valence-corrected chi connectivity index (χ3v) is 3.11. The van der Waals surface area contributed by atoms with Gasteiger partial charge in [0.25, 0.3) is 0 Å². The molecule has 3 N–H and O–H groups in total. The predicted molar refractivity (Wildman–Crippen MR) is 58.6 cm³/mol. The van der Waals surface area contributed by atoms with Crippen molar-refractivity contribution in [3.8, 4) is 0 Å². The number of nitrogens with two attached hydrogens (primary N) is 1. The van der Waals surface area contributed by atoms with Crippen molar-refractivity contribution < 1.29 is 4.74 Å². The summed E-state index contributed by atoms with van der Waals surface area (Å²) in [6.07, 6.45) is 2.62. The highest BCUT2D eigenvalue weighted by Crippen LogP contribution is 2.28. The van der Waals surface area contributed by atoms with E-state index in [2.05, 4.69) is 9.69 Å². The van der Waals surface area contributed by atoms with Gasteiger partial charge in [-0.05, 0) is 31.3 Å². The normalized spacial score (nSPS) is 25.8. The molecule has 1 fully saturated rings. The van der Waals surface area contributed by atoms with Crippen molar-refractivity contribution in [1.82, 2.24) is 4.37 Å². The van der Waals surface area contributed by atoms with Gasteiger partial charge in [-0.15, -0.1) is 0 Å². The van der Waals surface area contributed by atoms with Crippen molar-refractivity contribution in [3.63, 3.8) is 0 Å². The molecule has 4 nitrogen and oxygen atoms in total. The fourth-order valence-electron chi connectivity index (χ4n) is 1.61. The number of nitrogen functional groups attached to an aromatic ring is 1. The SMILES string of the molecule is CCOC1CC(Nc2cc(N)ns2)C1. The summed E-state index contributed by atoms with van der Waals surface area (Å²) >= 11 is 1.41. The van der Waals surface area contributed by atoms with Crippen LogP contribution in [0, 0.1) is 0 Å². The van der Waals surface area contributed by atoms with E-state index in [4.69, 9.17) is 10.5 Å². The van der Waals surface area contributed by atoms with Crippen LogP contribution in [0.25, 0.3) is 0 Å². The van der Waals surface area contributed by atoms with Crippen LogP contribution in [0.15, 0.2) is 6.07 Å². The topological polar surface area (TPSA) is 60.2 Å². The third-order valence-electron chi connectivity index (χ3n) is 2.37. The quantitative estimate of drug-likeness (QED) is 0.799. The fraction of sp³-hybridized carbons (Fsp3) is 0.667. The third kappa shape index (κ3) is 2.16. The fourth-order valence-corrected chi connectivity index (χ4v) is 2.26. The number of hydrogen-bond donors (Lipinski definition) is 2. The molecular weight excluding hydrogens is 198 g/mol. The zero-order valence-electron chi connectivity index (χ0n) is 8.19. The number of rotatable bonds is 4. The van der Waals surface area contributed by atoms with Gasteiger partial charge in [0.2, 0.25) is 0 Å². The van der Waals surface area contributed by atoms with Gasteiger partial charge in [-0.3, -0.25) is 0 Å². The summed E-state index contributed by atoms with van der Waals surface area (Å²) in [7, 11) is 0. The van der Waals surface area contributed by atoms with E-state index in [0.29, 0.717) is 18.0 Å². The van der Waals surface area contributed by atoms with E-state index in [9.17, 15) is 0 Å². The highest BCUT2D eigenvalue weighted by Gasteiger charge is 2.29. The predicted octanol–water partition coefficient (Wildman–Crippen LogP) is 1.70. The molecule has 0 aromatic carbocycles. The average molecular weight is 213 g/mol. The summed E-state index contributed by atoms with van der Waals surface area (Å²) in [5.74, 6) is 0.596. The average Bonchev–Trinajstić information content (AvgIpc) is 2.48. The smallest absolute Gasteiger partial charge is 0.139 e. The molecule has 1 aliphatic rings. The lowest BCUT2D eigenvalue weighted by Crippen LogP contribution is -2.40. The van der Waals surface area contributed by atoms with Gasteiger partial charge in [-0.1, -0.05) is 0 Å². The van der Waals surface area contributed by atoms with Gasteiger partial charge < -0.3 is 15.8 Å². The molecule has 5 heteroatoms. The molecule has 1 aliphatic carbocycles. The molecule has 1 aromatic rings. The van der Waals surface area contributed by atoms with E-state index in [1.54, 1.807) is 0 Å². The zero-order chi connectivity index (χ0) is 9.97. The zero-order valence-corrected chi connectivity index (χ0v) is 9.01. The van der Waals surface area contributed by atoms with E-state index in [1.807, 2.05) is 13.0 Å². The molecule has 1 aromatic heterocycles. The second-order valence-electron chi connectivity index (χ2n) is 3.51. The van der Waals surface area contributed by atoms with Crippen LogP contribution in [0.2, 0.25) is 0 Å². The molecular formula is C9H15N3OS. The summed E-state index contributed by atoms with van der Waals surface area (Å²) in [5, 5.41) is 4.44. The van der Waals surface area contributed by atoms with Crippen LogP contribution in [0.1, 0.15) is 19.8 Å². The first-order valence-electron chi connectivity index (χ1n) is 4.88. The summed E-state index contributed by atoms with van der Waals surface area (Å²) in [4.78, 5) is 0. The maximum Gasteiger partial charge on any atom is 0.139 e. The van der Waals surface area contributed by atoms with Crippen molar-refractivity contribution in [2.45, 2.75) is 31.9 Å². The first-order valence-corrected chi connectivity index (χ1v) is 5.65. The van der Waals surface area contributed by atoms with Crippen molar-refractivity contribution >= 4 is 22.4 Å². The Labute approximate surface area is 87.6 Å². The van der Waals surface area contributed by atoms with Gasteiger partial charge in [-0.2, -0.15) is 4.37 Å². The molecule has 0 aliphatic heterocycles. The minimum atomic E-state index is 0.447. The van der Waals surface area contributed by atoms with Gasteiger partial charge in [0.1, 0.15) is 10.8 Å². The van der Waals surface area contributed by atoms with E-state index in [-0.39, 0.29) is 0 Å². The highest BCUT2D eigenvalue weighted by atomic mass is 32.1. The molecule has 0 atom stereocenters. The maximum absolute atomic E-state index is 5.52. The van der Waals surface area contributed by atoms with Crippen LogP contribution in [0.4, 0.5) is 10.8 Å². The largest absolute Gasteiger partial charge is 0.383 e. The number of hydrogen-bond acceptors (Lipinski definition) is 5. The Morgan fingerprint density at radius 1 is 1.71 bits per heavy atom. The Morgan fingerprint density at radius 2 is 2.50 bits per heavy atom. The van der Waals surface area contributed by atoms with Crippen molar-refractivity contribution in [1.29, 1.82) is 0 Å². The monoisotopic (exact) mass is 213 g/mol. The molecule has 0 amide bonds. The number of ether oxygens (including phenoxy) is 1. The Kier molecular flexibility index (Phi) is 2.88. The highest BCUT2D eigenvalue weighted by molar-refractivity contribution is 7.10. The molecule has 0 spiro atoms. The Balaban J connectivity index is 1.74. The van der Waals surface area contributed by atoms with Gasteiger partial charge in [0, 0.05) is 18.7 Å². The lowest BCUT2D eigenvalue weighted by Gasteiger charge is -2.35. The number of nitrogens with zero attached hydrogens (tertiary/aromatic N) is 1. The van der Waals surface area contributed by atoms with Crippen LogP contribution in [0.3, 0.4) is 0 Å². The summed E-state index contributed by atoms with van der Waals surface area (Å²) in [6, 6.07) is 2.41. The molecule has 2 rings (SSSR count). The van der Waals surface area contributed by atoms with Crippen LogP contribution in [-0.4, -0.2) is 23.1 Å². The lowest BCUT2D eigenvalue weighted by atomic mass is 9.89. The molecule has 0 radical (unpaired) electrons. The number of nitrogens with one attached hydrogen (secondary N) is 1. The van der Waals surface area contributed by atoms with E-state index < -0.39 is 0 Å². The Bertz CT molecular complexity index is 296. The van der Waals surface area contributed by atoms with E-state index in [1.165, 1.54) is 11.5 Å². The van der Waals surface area contributed by atoms with Crippen molar-refractivity contribution in [3.05, 3.63) is 6.07 Å². The second-order valence-corrected chi connectivity index (χ2v) is 4.31. The number of anilines is 2. The van der Waals surface area contributed by atoms with Crippen molar-refractivity contribution in [2.24, 2.45) is 0 Å².